The third-order valence-electron chi connectivity index (χ3n) is 5.00. The molecule has 0 aliphatic carbocycles. The predicted octanol–water partition coefficient (Wildman–Crippen LogP) is 3.35. The molecule has 0 amide bonds. The third kappa shape index (κ3) is 2.66. The number of halogens is 1. The van der Waals surface area contributed by atoms with E-state index in [-0.39, 0.29) is 0 Å². The molecule has 1 aromatic heterocycles. The Balaban J connectivity index is 1.53. The number of hydrogen-bond acceptors (Lipinski definition) is 4. The smallest absolute Gasteiger partial charge is 0.139 e. The second kappa shape index (κ2) is 6.01. The standard InChI is InChI=1S/C17H21ClN4/c18-13-3-4-15-16(11-13)19-12-20-17(15)22-9-5-14(6-10-22)21-7-1-2-8-21/h3-4,11-12,14H,1-2,5-10H2. The average molecular weight is 317 g/mol. The number of fused-ring (bicyclic) bond motifs is 1. The van der Waals surface area contributed by atoms with Gasteiger partial charge in [-0.3, -0.25) is 0 Å². The van der Waals surface area contributed by atoms with Crippen LogP contribution < -0.4 is 4.90 Å². The Morgan fingerprint density at radius 1 is 1.00 bits per heavy atom. The van der Waals surface area contributed by atoms with Gasteiger partial charge in [-0.2, -0.15) is 0 Å². The summed E-state index contributed by atoms with van der Waals surface area (Å²) in [5.74, 6) is 1.06. The van der Waals surface area contributed by atoms with E-state index in [9.17, 15) is 0 Å². The summed E-state index contributed by atoms with van der Waals surface area (Å²) >= 11 is 6.07. The Kier molecular flexibility index (Phi) is 3.89. The zero-order chi connectivity index (χ0) is 14.9. The molecule has 4 nitrogen and oxygen atoms in total. The van der Waals surface area contributed by atoms with Crippen LogP contribution in [0.3, 0.4) is 0 Å². The first-order valence-corrected chi connectivity index (χ1v) is 8.58. The highest BCUT2D eigenvalue weighted by molar-refractivity contribution is 6.31. The molecule has 4 rings (SSSR count). The lowest BCUT2D eigenvalue weighted by molar-refractivity contribution is 0.208. The fourth-order valence-corrected chi connectivity index (χ4v) is 3.98. The molecule has 1 aromatic carbocycles. The minimum Gasteiger partial charge on any atom is -0.356 e. The van der Waals surface area contributed by atoms with Gasteiger partial charge in [0.25, 0.3) is 0 Å². The summed E-state index contributed by atoms with van der Waals surface area (Å²) in [6, 6.07) is 6.65. The number of hydrogen-bond donors (Lipinski definition) is 0. The minimum atomic E-state index is 0.727. The molecule has 0 spiro atoms. The molecule has 0 saturated carbocycles. The lowest BCUT2D eigenvalue weighted by atomic mass is 10.0. The summed E-state index contributed by atoms with van der Waals surface area (Å²) in [5, 5.41) is 1.83. The van der Waals surface area contributed by atoms with Gasteiger partial charge in [0.1, 0.15) is 12.1 Å². The Labute approximate surface area is 136 Å². The van der Waals surface area contributed by atoms with E-state index < -0.39 is 0 Å². The molecule has 116 valence electrons. The monoisotopic (exact) mass is 316 g/mol. The number of rotatable bonds is 2. The number of benzene rings is 1. The summed E-state index contributed by atoms with van der Waals surface area (Å²) in [6.07, 6.45) is 6.87. The first kappa shape index (κ1) is 14.2. The van der Waals surface area contributed by atoms with E-state index in [2.05, 4.69) is 19.8 Å². The van der Waals surface area contributed by atoms with Gasteiger partial charge < -0.3 is 9.80 Å². The molecule has 5 heteroatoms. The fraction of sp³-hybridized carbons (Fsp3) is 0.529. The number of likely N-dealkylation sites (tertiary alicyclic amines) is 1. The normalized spacial score (nSPS) is 20.9. The van der Waals surface area contributed by atoms with Gasteiger partial charge in [-0.05, 0) is 57.0 Å². The highest BCUT2D eigenvalue weighted by Crippen LogP contribution is 2.29. The van der Waals surface area contributed by atoms with Crippen molar-refractivity contribution in [2.45, 2.75) is 31.7 Å². The lowest BCUT2D eigenvalue weighted by Gasteiger charge is -2.37. The maximum atomic E-state index is 6.07. The van der Waals surface area contributed by atoms with Gasteiger partial charge >= 0.3 is 0 Å². The molecule has 0 radical (unpaired) electrons. The van der Waals surface area contributed by atoms with Crippen LogP contribution in [0.5, 0.6) is 0 Å². The van der Waals surface area contributed by atoms with Crippen molar-refractivity contribution >= 4 is 28.3 Å². The molecule has 0 unspecified atom stereocenters. The molecular weight excluding hydrogens is 296 g/mol. The Morgan fingerprint density at radius 3 is 2.55 bits per heavy atom. The Hall–Kier alpha value is -1.39. The first-order valence-electron chi connectivity index (χ1n) is 8.20. The summed E-state index contributed by atoms with van der Waals surface area (Å²) in [7, 11) is 0. The van der Waals surface area contributed by atoms with Crippen LogP contribution in [0, 0.1) is 0 Å². The van der Waals surface area contributed by atoms with Crippen LogP contribution in [-0.2, 0) is 0 Å². The maximum absolute atomic E-state index is 6.07. The Bertz CT molecular complexity index is 661. The number of piperidine rings is 1. The van der Waals surface area contributed by atoms with Crippen LogP contribution in [0.15, 0.2) is 24.5 Å². The third-order valence-corrected chi connectivity index (χ3v) is 5.23. The van der Waals surface area contributed by atoms with Gasteiger partial charge in [0.15, 0.2) is 0 Å². The van der Waals surface area contributed by atoms with Crippen LogP contribution in [0.4, 0.5) is 5.82 Å². The molecule has 0 N–H and O–H groups in total. The topological polar surface area (TPSA) is 32.3 Å². The van der Waals surface area contributed by atoms with Crippen LogP contribution in [0.25, 0.3) is 10.9 Å². The van der Waals surface area contributed by atoms with Gasteiger partial charge in [-0.25, -0.2) is 9.97 Å². The van der Waals surface area contributed by atoms with Crippen molar-refractivity contribution in [1.29, 1.82) is 0 Å². The summed E-state index contributed by atoms with van der Waals surface area (Å²) in [5.41, 5.74) is 0.930. The molecule has 2 fully saturated rings. The van der Waals surface area contributed by atoms with Crippen molar-refractivity contribution in [1.82, 2.24) is 14.9 Å². The molecule has 22 heavy (non-hydrogen) atoms. The quantitative estimate of drug-likeness (QED) is 0.850. The van der Waals surface area contributed by atoms with Gasteiger partial charge in [0, 0.05) is 29.5 Å². The van der Waals surface area contributed by atoms with Crippen molar-refractivity contribution in [3.05, 3.63) is 29.5 Å². The predicted molar refractivity (Wildman–Crippen MR) is 90.6 cm³/mol. The summed E-state index contributed by atoms with van der Waals surface area (Å²) < 4.78 is 0. The van der Waals surface area contributed by atoms with Crippen molar-refractivity contribution < 1.29 is 0 Å². The van der Waals surface area contributed by atoms with Crippen molar-refractivity contribution in [3.63, 3.8) is 0 Å². The average Bonchev–Trinajstić information content (AvgIpc) is 3.09. The number of anilines is 1. The van der Waals surface area contributed by atoms with Crippen LogP contribution in [-0.4, -0.2) is 47.1 Å². The lowest BCUT2D eigenvalue weighted by Crippen LogP contribution is -2.44. The molecule has 2 aliphatic rings. The molecule has 0 atom stereocenters. The fourth-order valence-electron chi connectivity index (χ4n) is 3.82. The summed E-state index contributed by atoms with van der Waals surface area (Å²) in [6.45, 7) is 4.74. The van der Waals surface area contributed by atoms with E-state index in [0.29, 0.717) is 0 Å². The SMILES string of the molecule is Clc1ccc2c(N3CCC(N4CCCC4)CC3)ncnc2c1. The van der Waals surface area contributed by atoms with Gasteiger partial charge in [-0.15, -0.1) is 0 Å². The zero-order valence-electron chi connectivity index (χ0n) is 12.7. The summed E-state index contributed by atoms with van der Waals surface area (Å²) in [4.78, 5) is 14.0. The van der Waals surface area contributed by atoms with Crippen LogP contribution in [0.2, 0.25) is 5.02 Å². The maximum Gasteiger partial charge on any atom is 0.139 e. The van der Waals surface area contributed by atoms with Crippen LogP contribution >= 0.6 is 11.6 Å². The molecule has 2 aromatic rings. The second-order valence-electron chi connectivity index (χ2n) is 6.32. The van der Waals surface area contributed by atoms with Gasteiger partial charge in [-0.1, -0.05) is 11.6 Å². The largest absolute Gasteiger partial charge is 0.356 e. The van der Waals surface area contributed by atoms with Gasteiger partial charge in [0.2, 0.25) is 0 Å². The Morgan fingerprint density at radius 2 is 1.77 bits per heavy atom. The molecule has 0 bridgehead atoms. The molecule has 3 heterocycles. The number of aromatic nitrogens is 2. The number of nitrogens with zero attached hydrogens (tertiary/aromatic N) is 4. The minimum absolute atomic E-state index is 0.727. The molecule has 2 aliphatic heterocycles. The van der Waals surface area contributed by atoms with E-state index in [4.69, 9.17) is 11.6 Å². The highest BCUT2D eigenvalue weighted by atomic mass is 35.5. The van der Waals surface area contributed by atoms with Gasteiger partial charge in [0.05, 0.1) is 5.52 Å². The van der Waals surface area contributed by atoms with E-state index >= 15 is 0 Å². The van der Waals surface area contributed by atoms with Crippen molar-refractivity contribution in [3.8, 4) is 0 Å². The molecular formula is C17H21ClN4. The first-order chi connectivity index (χ1) is 10.8. The zero-order valence-corrected chi connectivity index (χ0v) is 13.5. The van der Waals surface area contributed by atoms with E-state index in [1.165, 1.54) is 38.8 Å². The van der Waals surface area contributed by atoms with E-state index in [1.54, 1.807) is 6.33 Å². The van der Waals surface area contributed by atoms with E-state index in [0.717, 1.165) is 40.9 Å². The highest BCUT2D eigenvalue weighted by Gasteiger charge is 2.27. The van der Waals surface area contributed by atoms with Crippen molar-refractivity contribution in [2.24, 2.45) is 0 Å². The van der Waals surface area contributed by atoms with Crippen molar-refractivity contribution in [2.75, 3.05) is 31.1 Å². The second-order valence-corrected chi connectivity index (χ2v) is 6.76. The molecule has 2 saturated heterocycles. The van der Waals surface area contributed by atoms with E-state index in [1.807, 2.05) is 18.2 Å². The van der Waals surface area contributed by atoms with Crippen LogP contribution in [0.1, 0.15) is 25.7 Å².